The van der Waals surface area contributed by atoms with E-state index in [0.717, 1.165) is 6.07 Å². The van der Waals surface area contributed by atoms with Crippen LogP contribution >= 0.6 is 12.2 Å². The Balaban J connectivity index is 1.84. The third-order valence-corrected chi connectivity index (χ3v) is 7.89. The van der Waals surface area contributed by atoms with Gasteiger partial charge in [-0.3, -0.25) is 4.79 Å². The molecule has 0 saturated carbocycles. The van der Waals surface area contributed by atoms with Crippen molar-refractivity contribution in [3.8, 4) is 11.5 Å². The Bertz CT molecular complexity index is 1280. The number of fused-ring (bicyclic) bond motifs is 1. The maximum absolute atomic E-state index is 13.7. The van der Waals surface area contributed by atoms with Gasteiger partial charge in [-0.05, 0) is 55.3 Å². The molecular weight excluding hydrogens is 493 g/mol. The summed E-state index contributed by atoms with van der Waals surface area (Å²) in [7, 11) is -0.711. The van der Waals surface area contributed by atoms with E-state index in [0.29, 0.717) is 29.9 Å². The van der Waals surface area contributed by atoms with E-state index in [9.17, 15) is 17.6 Å². The second kappa shape index (κ2) is 11.0. The van der Waals surface area contributed by atoms with Gasteiger partial charge in [-0.1, -0.05) is 12.2 Å². The molecule has 35 heavy (non-hydrogen) atoms. The van der Waals surface area contributed by atoms with Crippen molar-refractivity contribution in [2.75, 3.05) is 33.1 Å². The minimum absolute atomic E-state index is 0.0795. The molecule has 2 aromatic rings. The molecule has 4 N–H and O–H groups in total. The number of likely N-dealkylation sites (N-methyl/N-ethyl adjacent to an activating group) is 1. The predicted octanol–water partition coefficient (Wildman–Crippen LogP) is 2.60. The number of hydrogen-bond donors (Lipinski definition) is 3. The molecule has 0 saturated heterocycles. The van der Waals surface area contributed by atoms with Gasteiger partial charge in [0.05, 0.1) is 35.6 Å². The molecule has 11 heteroatoms. The topological polar surface area (TPSA) is 120 Å². The van der Waals surface area contributed by atoms with Crippen LogP contribution in [-0.4, -0.2) is 52.4 Å². The first kappa shape index (κ1) is 26.4. The largest absolute Gasteiger partial charge is 0.496 e. The maximum atomic E-state index is 13.7. The van der Waals surface area contributed by atoms with E-state index in [1.807, 2.05) is 0 Å². The van der Waals surface area contributed by atoms with Crippen LogP contribution in [-0.2, 0) is 9.84 Å². The van der Waals surface area contributed by atoms with Crippen molar-refractivity contribution in [2.24, 2.45) is 5.73 Å². The lowest BCUT2D eigenvalue weighted by Crippen LogP contribution is -2.31. The van der Waals surface area contributed by atoms with Gasteiger partial charge < -0.3 is 25.8 Å². The predicted molar refractivity (Wildman–Crippen MR) is 135 cm³/mol. The van der Waals surface area contributed by atoms with Gasteiger partial charge in [-0.15, -0.1) is 0 Å². The number of amides is 1. The van der Waals surface area contributed by atoms with Crippen molar-refractivity contribution in [2.45, 2.75) is 24.2 Å². The first-order chi connectivity index (χ1) is 16.6. The number of halogens is 1. The molecule has 0 bridgehead atoms. The van der Waals surface area contributed by atoms with Gasteiger partial charge in [0.25, 0.3) is 5.91 Å². The van der Waals surface area contributed by atoms with Crippen LogP contribution in [0.15, 0.2) is 47.0 Å². The molecule has 1 aliphatic rings. The van der Waals surface area contributed by atoms with E-state index in [1.165, 1.54) is 25.3 Å². The molecule has 1 amide bonds. The number of thiocarbonyl (C=S) groups is 1. The van der Waals surface area contributed by atoms with Gasteiger partial charge in [0.15, 0.2) is 9.84 Å². The smallest absolute Gasteiger partial charge is 0.255 e. The fraction of sp³-hybridized carbons (Fsp3) is 0.333. The van der Waals surface area contributed by atoms with Gasteiger partial charge in [0, 0.05) is 25.1 Å². The van der Waals surface area contributed by atoms with Crippen LogP contribution in [0.4, 0.5) is 4.39 Å². The third-order valence-electron chi connectivity index (χ3n) is 5.73. The molecule has 1 aliphatic heterocycles. The highest BCUT2D eigenvalue weighted by molar-refractivity contribution is 7.91. The number of hydrogen-bond acceptors (Lipinski definition) is 7. The number of aryl methyl sites for hydroxylation is 1. The summed E-state index contributed by atoms with van der Waals surface area (Å²) in [6.07, 6.45) is 1.94. The monoisotopic (exact) mass is 521 g/mol. The molecule has 8 nitrogen and oxygen atoms in total. The number of ether oxygens (including phenoxy) is 2. The van der Waals surface area contributed by atoms with Crippen LogP contribution in [0.5, 0.6) is 11.5 Å². The van der Waals surface area contributed by atoms with Crippen molar-refractivity contribution < 1.29 is 27.1 Å². The Labute approximate surface area is 209 Å². The summed E-state index contributed by atoms with van der Waals surface area (Å²) >= 11 is 5.03. The third kappa shape index (κ3) is 6.09. The molecule has 0 aliphatic carbocycles. The Morgan fingerprint density at radius 2 is 2.09 bits per heavy atom. The fourth-order valence-electron chi connectivity index (χ4n) is 3.83. The van der Waals surface area contributed by atoms with Gasteiger partial charge in [-0.2, -0.15) is 0 Å². The minimum atomic E-state index is -3.72. The summed E-state index contributed by atoms with van der Waals surface area (Å²) in [6, 6.07) is 7.00. The molecule has 188 valence electrons. The normalized spacial score (nSPS) is 15.5. The zero-order valence-electron chi connectivity index (χ0n) is 19.7. The van der Waals surface area contributed by atoms with Crippen LogP contribution in [0, 0.1) is 12.7 Å². The molecule has 3 rings (SSSR count). The SMILES string of the molecule is CNC(=S)C(N)=CCS(=O)(=O)c1cc2c(cc1C)OCCC2CNC(=O)c1cc(F)ccc1OC. The summed E-state index contributed by atoms with van der Waals surface area (Å²) in [6.45, 7) is 2.33. The molecule has 0 spiro atoms. The highest BCUT2D eigenvalue weighted by Crippen LogP contribution is 2.37. The fourth-order valence-corrected chi connectivity index (χ4v) is 5.35. The number of nitrogens with two attached hydrogens (primary N) is 1. The van der Waals surface area contributed by atoms with Gasteiger partial charge in [0.2, 0.25) is 0 Å². The van der Waals surface area contributed by atoms with Crippen LogP contribution in [0.25, 0.3) is 0 Å². The molecule has 0 fully saturated rings. The summed E-state index contributed by atoms with van der Waals surface area (Å²) in [5.74, 6) is -0.735. The second-order valence-electron chi connectivity index (χ2n) is 8.06. The van der Waals surface area contributed by atoms with Crippen LogP contribution in [0.3, 0.4) is 0 Å². The van der Waals surface area contributed by atoms with Crippen molar-refractivity contribution in [1.82, 2.24) is 10.6 Å². The van der Waals surface area contributed by atoms with Gasteiger partial charge in [-0.25, -0.2) is 12.8 Å². The molecule has 0 radical (unpaired) electrons. The highest BCUT2D eigenvalue weighted by atomic mass is 32.2. The molecule has 1 atom stereocenters. The Kier molecular flexibility index (Phi) is 8.34. The number of methoxy groups -OCH3 is 1. The van der Waals surface area contributed by atoms with Crippen LogP contribution in [0.1, 0.15) is 33.8 Å². The van der Waals surface area contributed by atoms with E-state index in [1.54, 1.807) is 26.1 Å². The van der Waals surface area contributed by atoms with E-state index in [4.69, 9.17) is 27.4 Å². The average Bonchev–Trinajstić information content (AvgIpc) is 2.84. The average molecular weight is 522 g/mol. The van der Waals surface area contributed by atoms with Gasteiger partial charge >= 0.3 is 0 Å². The summed E-state index contributed by atoms with van der Waals surface area (Å²) in [5, 5.41) is 5.51. The summed E-state index contributed by atoms with van der Waals surface area (Å²) < 4.78 is 50.8. The lowest BCUT2D eigenvalue weighted by Gasteiger charge is -2.27. The number of carbonyl (C=O) groups is 1. The lowest BCUT2D eigenvalue weighted by atomic mass is 9.92. The second-order valence-corrected chi connectivity index (χ2v) is 10.5. The van der Waals surface area contributed by atoms with Crippen molar-refractivity contribution in [1.29, 1.82) is 0 Å². The Morgan fingerprint density at radius 1 is 1.34 bits per heavy atom. The number of sulfone groups is 1. The van der Waals surface area contributed by atoms with Gasteiger partial charge in [0.1, 0.15) is 22.3 Å². The first-order valence-electron chi connectivity index (χ1n) is 10.9. The Hall–Kier alpha value is -3.18. The summed E-state index contributed by atoms with van der Waals surface area (Å²) in [5.41, 5.74) is 7.31. The van der Waals surface area contributed by atoms with Crippen molar-refractivity contribution in [3.05, 3.63) is 64.6 Å². The number of benzene rings is 2. The number of nitrogens with one attached hydrogen (secondary N) is 2. The standard InChI is InChI=1S/C24H28FN3O5S2/c1-14-10-21-17(12-22(14)35(30,31)9-7-19(26)24(34)27-2)15(6-8-33-21)13-28-23(29)18-11-16(25)4-5-20(18)32-3/h4-5,7,10-12,15H,6,8-9,13,26H2,1-3H3,(H,27,34)(H,28,29). The Morgan fingerprint density at radius 3 is 2.77 bits per heavy atom. The quantitative estimate of drug-likeness (QED) is 0.358. The zero-order valence-corrected chi connectivity index (χ0v) is 21.3. The lowest BCUT2D eigenvalue weighted by molar-refractivity contribution is 0.0944. The molecule has 2 aromatic carbocycles. The van der Waals surface area contributed by atoms with E-state index >= 15 is 0 Å². The van der Waals surface area contributed by atoms with E-state index in [-0.39, 0.29) is 45.1 Å². The van der Waals surface area contributed by atoms with Crippen LogP contribution in [0.2, 0.25) is 0 Å². The number of rotatable bonds is 8. The zero-order chi connectivity index (χ0) is 25.8. The molecule has 1 unspecified atom stereocenters. The first-order valence-corrected chi connectivity index (χ1v) is 12.9. The van der Waals surface area contributed by atoms with Crippen molar-refractivity contribution in [3.63, 3.8) is 0 Å². The van der Waals surface area contributed by atoms with E-state index in [2.05, 4.69) is 10.6 Å². The minimum Gasteiger partial charge on any atom is -0.496 e. The molecule has 0 aromatic heterocycles. The molecular formula is C24H28FN3O5S2. The number of carbonyl (C=O) groups excluding carboxylic acids is 1. The van der Waals surface area contributed by atoms with E-state index < -0.39 is 21.6 Å². The maximum Gasteiger partial charge on any atom is 0.255 e. The highest BCUT2D eigenvalue weighted by Gasteiger charge is 2.27. The molecule has 1 heterocycles. The van der Waals surface area contributed by atoms with Crippen LogP contribution < -0.4 is 25.8 Å². The summed E-state index contributed by atoms with van der Waals surface area (Å²) in [4.78, 5) is 13.1. The van der Waals surface area contributed by atoms with Crippen molar-refractivity contribution >= 4 is 33.0 Å².